The Bertz CT molecular complexity index is 311. The normalized spacial score (nSPS) is 12.1. The monoisotopic (exact) mass is 243 g/mol. The van der Waals surface area contributed by atoms with Gasteiger partial charge in [0.05, 0.1) is 6.54 Å². The van der Waals surface area contributed by atoms with Crippen molar-refractivity contribution >= 4 is 0 Å². The third-order valence-corrected chi connectivity index (χ3v) is 2.51. The Labute approximate surface area is 100 Å². The lowest BCUT2D eigenvalue weighted by Crippen LogP contribution is -2.40. The Morgan fingerprint density at radius 3 is 2.00 bits per heavy atom. The molecule has 0 aliphatic rings. The summed E-state index contributed by atoms with van der Waals surface area (Å²) in [6.07, 6.45) is 0. The lowest BCUT2D eigenvalue weighted by molar-refractivity contribution is -0.0366. The molecule has 1 aromatic rings. The van der Waals surface area contributed by atoms with Crippen LogP contribution in [0, 0.1) is 0 Å². The second-order valence-electron chi connectivity index (χ2n) is 3.92. The van der Waals surface area contributed by atoms with Gasteiger partial charge in [0, 0.05) is 31.7 Å². The predicted molar refractivity (Wildman–Crippen MR) is 64.9 cm³/mol. The zero-order valence-corrected chi connectivity index (χ0v) is 9.78. The first-order valence-corrected chi connectivity index (χ1v) is 5.66. The molecule has 17 heavy (non-hydrogen) atoms. The van der Waals surface area contributed by atoms with E-state index in [2.05, 4.69) is 0 Å². The van der Waals surface area contributed by atoms with E-state index in [9.17, 15) is 8.78 Å². The summed E-state index contributed by atoms with van der Waals surface area (Å²) >= 11 is 0. The fourth-order valence-electron chi connectivity index (χ4n) is 1.69. The van der Waals surface area contributed by atoms with Gasteiger partial charge in [-0.05, 0) is 0 Å². The molecule has 96 valence electrons. The first kappa shape index (κ1) is 14.0. The van der Waals surface area contributed by atoms with E-state index in [0.29, 0.717) is 26.2 Å². The van der Waals surface area contributed by atoms with Gasteiger partial charge in [0.15, 0.2) is 0 Å². The van der Waals surface area contributed by atoms with Crippen molar-refractivity contribution in [2.24, 2.45) is 11.5 Å². The molecule has 0 bridgehead atoms. The van der Waals surface area contributed by atoms with Crippen molar-refractivity contribution in [3.63, 3.8) is 0 Å². The van der Waals surface area contributed by atoms with Gasteiger partial charge in [-0.3, -0.25) is 4.90 Å². The van der Waals surface area contributed by atoms with Crippen molar-refractivity contribution in [3.05, 3.63) is 35.9 Å². The van der Waals surface area contributed by atoms with Crippen LogP contribution in [-0.4, -0.2) is 37.6 Å². The van der Waals surface area contributed by atoms with Crippen molar-refractivity contribution in [1.29, 1.82) is 0 Å². The summed E-state index contributed by atoms with van der Waals surface area (Å²) in [5, 5.41) is 0. The highest BCUT2D eigenvalue weighted by Crippen LogP contribution is 2.28. The Kier molecular flexibility index (Phi) is 5.47. The summed E-state index contributed by atoms with van der Waals surface area (Å²) in [6, 6.07) is 7.81. The maximum atomic E-state index is 13.9. The highest BCUT2D eigenvalue weighted by atomic mass is 19.3. The minimum atomic E-state index is -2.87. The molecule has 4 N–H and O–H groups in total. The second kappa shape index (κ2) is 6.64. The van der Waals surface area contributed by atoms with Crippen molar-refractivity contribution in [3.8, 4) is 0 Å². The fraction of sp³-hybridized carbons (Fsp3) is 0.500. The molecule has 0 heterocycles. The number of hydrogen-bond acceptors (Lipinski definition) is 3. The molecule has 0 aliphatic heterocycles. The number of hydrogen-bond donors (Lipinski definition) is 2. The summed E-state index contributed by atoms with van der Waals surface area (Å²) in [7, 11) is 0. The number of rotatable bonds is 7. The second-order valence-corrected chi connectivity index (χ2v) is 3.92. The zero-order chi connectivity index (χ0) is 12.7. The molecule has 1 aromatic carbocycles. The number of nitrogens with two attached hydrogens (primary N) is 2. The standard InChI is InChI=1S/C12H19F2N3/c13-12(14,11-4-2-1-3-5-11)10-17(8-6-15)9-7-16/h1-5H,6-10,15-16H2. The van der Waals surface area contributed by atoms with E-state index in [1.807, 2.05) is 0 Å². The van der Waals surface area contributed by atoms with E-state index in [-0.39, 0.29) is 12.1 Å². The van der Waals surface area contributed by atoms with Crippen LogP contribution >= 0.6 is 0 Å². The van der Waals surface area contributed by atoms with Crippen molar-refractivity contribution < 1.29 is 8.78 Å². The van der Waals surface area contributed by atoms with Crippen LogP contribution in [0.1, 0.15) is 5.56 Å². The molecule has 3 nitrogen and oxygen atoms in total. The molecule has 0 saturated carbocycles. The summed E-state index contributed by atoms with van der Waals surface area (Å²) in [5.74, 6) is -2.87. The lowest BCUT2D eigenvalue weighted by atomic mass is 10.1. The van der Waals surface area contributed by atoms with E-state index in [0.717, 1.165) is 0 Å². The van der Waals surface area contributed by atoms with Crippen molar-refractivity contribution in [2.45, 2.75) is 5.92 Å². The summed E-state index contributed by atoms with van der Waals surface area (Å²) < 4.78 is 27.9. The molecular weight excluding hydrogens is 224 g/mol. The van der Waals surface area contributed by atoms with Gasteiger partial charge in [0.25, 0.3) is 5.92 Å². The molecule has 0 spiro atoms. The van der Waals surface area contributed by atoms with Crippen LogP contribution in [0.3, 0.4) is 0 Å². The Morgan fingerprint density at radius 1 is 1.00 bits per heavy atom. The summed E-state index contributed by atoms with van der Waals surface area (Å²) in [5.41, 5.74) is 10.8. The van der Waals surface area contributed by atoms with Gasteiger partial charge in [-0.15, -0.1) is 0 Å². The molecule has 0 aromatic heterocycles. The minimum Gasteiger partial charge on any atom is -0.329 e. The van der Waals surface area contributed by atoms with Crippen LogP contribution in [0.25, 0.3) is 0 Å². The molecule has 0 unspecified atom stereocenters. The molecular formula is C12H19F2N3. The van der Waals surface area contributed by atoms with E-state index in [4.69, 9.17) is 11.5 Å². The SMILES string of the molecule is NCCN(CCN)CC(F)(F)c1ccccc1. The van der Waals surface area contributed by atoms with E-state index in [1.165, 1.54) is 12.1 Å². The largest absolute Gasteiger partial charge is 0.329 e. The van der Waals surface area contributed by atoms with Gasteiger partial charge in [-0.2, -0.15) is 8.78 Å². The van der Waals surface area contributed by atoms with Gasteiger partial charge < -0.3 is 11.5 Å². The van der Waals surface area contributed by atoms with E-state index in [1.54, 1.807) is 23.1 Å². The summed E-state index contributed by atoms with van der Waals surface area (Å²) in [4.78, 5) is 1.59. The van der Waals surface area contributed by atoms with E-state index >= 15 is 0 Å². The Balaban J connectivity index is 2.69. The van der Waals surface area contributed by atoms with Gasteiger partial charge in [-0.25, -0.2) is 0 Å². The molecule has 0 saturated heterocycles. The van der Waals surface area contributed by atoms with Crippen LogP contribution < -0.4 is 11.5 Å². The first-order chi connectivity index (χ1) is 8.10. The summed E-state index contributed by atoms with van der Waals surface area (Å²) in [6.45, 7) is 1.22. The highest BCUT2D eigenvalue weighted by molar-refractivity contribution is 5.20. The lowest BCUT2D eigenvalue weighted by Gasteiger charge is -2.26. The highest BCUT2D eigenvalue weighted by Gasteiger charge is 2.33. The maximum absolute atomic E-state index is 13.9. The van der Waals surface area contributed by atoms with Crippen LogP contribution in [0.5, 0.6) is 0 Å². The third kappa shape index (κ3) is 4.38. The maximum Gasteiger partial charge on any atom is 0.285 e. The van der Waals surface area contributed by atoms with Crippen LogP contribution in [0.2, 0.25) is 0 Å². The average Bonchev–Trinajstić information content (AvgIpc) is 2.30. The molecule has 1 rings (SSSR count). The number of halogens is 2. The van der Waals surface area contributed by atoms with Gasteiger partial charge >= 0.3 is 0 Å². The van der Waals surface area contributed by atoms with Crippen molar-refractivity contribution in [1.82, 2.24) is 4.90 Å². The van der Waals surface area contributed by atoms with Crippen LogP contribution in [0.15, 0.2) is 30.3 Å². The molecule has 0 radical (unpaired) electrons. The van der Waals surface area contributed by atoms with Gasteiger partial charge in [0.1, 0.15) is 0 Å². The zero-order valence-electron chi connectivity index (χ0n) is 9.78. The van der Waals surface area contributed by atoms with Gasteiger partial charge in [0.2, 0.25) is 0 Å². The van der Waals surface area contributed by atoms with Gasteiger partial charge in [-0.1, -0.05) is 30.3 Å². The number of benzene rings is 1. The molecule has 5 heteroatoms. The Morgan fingerprint density at radius 2 is 1.53 bits per heavy atom. The average molecular weight is 243 g/mol. The van der Waals surface area contributed by atoms with Crippen LogP contribution in [-0.2, 0) is 5.92 Å². The molecule has 0 amide bonds. The number of alkyl halides is 2. The fourth-order valence-corrected chi connectivity index (χ4v) is 1.69. The molecule has 0 atom stereocenters. The third-order valence-electron chi connectivity index (χ3n) is 2.51. The molecule has 0 fully saturated rings. The first-order valence-electron chi connectivity index (χ1n) is 5.66. The topological polar surface area (TPSA) is 55.3 Å². The Hall–Kier alpha value is -1.04. The number of nitrogens with zero attached hydrogens (tertiary/aromatic N) is 1. The van der Waals surface area contributed by atoms with Crippen LogP contribution in [0.4, 0.5) is 8.78 Å². The minimum absolute atomic E-state index is 0.0269. The quantitative estimate of drug-likeness (QED) is 0.751. The smallest absolute Gasteiger partial charge is 0.285 e. The van der Waals surface area contributed by atoms with E-state index < -0.39 is 5.92 Å². The predicted octanol–water partition coefficient (Wildman–Crippen LogP) is 0.998. The van der Waals surface area contributed by atoms with Crippen molar-refractivity contribution in [2.75, 3.05) is 32.7 Å². The molecule has 0 aliphatic carbocycles.